The smallest absolute Gasteiger partial charge is 0.0953 e. The molecule has 0 aromatic carbocycles. The minimum absolute atomic E-state index is 0.0230. The molecule has 1 aliphatic carbocycles. The van der Waals surface area contributed by atoms with E-state index in [1.807, 2.05) is 6.20 Å². The molecule has 1 saturated carbocycles. The van der Waals surface area contributed by atoms with Gasteiger partial charge in [0, 0.05) is 17.0 Å². The van der Waals surface area contributed by atoms with Gasteiger partial charge in [-0.25, -0.2) is 4.98 Å². The van der Waals surface area contributed by atoms with Crippen LogP contribution in [0.15, 0.2) is 6.20 Å². The van der Waals surface area contributed by atoms with E-state index in [4.69, 9.17) is 5.73 Å². The van der Waals surface area contributed by atoms with Gasteiger partial charge in [0.25, 0.3) is 0 Å². The summed E-state index contributed by atoms with van der Waals surface area (Å²) >= 11 is 1.79. The Bertz CT molecular complexity index is 300. The van der Waals surface area contributed by atoms with Crippen LogP contribution in [0.25, 0.3) is 0 Å². The third-order valence-electron chi connectivity index (χ3n) is 2.75. The number of aromatic nitrogens is 1. The number of nitrogens with two attached hydrogens (primary N) is 1. The fourth-order valence-electron chi connectivity index (χ4n) is 1.59. The first kappa shape index (κ1) is 9.16. The van der Waals surface area contributed by atoms with E-state index in [2.05, 4.69) is 18.8 Å². The zero-order valence-corrected chi connectivity index (χ0v) is 9.03. The topological polar surface area (TPSA) is 38.9 Å². The minimum atomic E-state index is -0.0230. The van der Waals surface area contributed by atoms with Gasteiger partial charge < -0.3 is 5.73 Å². The van der Waals surface area contributed by atoms with E-state index in [1.165, 1.54) is 16.3 Å². The first-order chi connectivity index (χ1) is 6.12. The minimum Gasteiger partial charge on any atom is -0.321 e. The Balaban J connectivity index is 2.22. The molecule has 0 aliphatic heterocycles. The van der Waals surface area contributed by atoms with Gasteiger partial charge >= 0.3 is 0 Å². The van der Waals surface area contributed by atoms with Crippen LogP contribution in [0.5, 0.6) is 0 Å². The molecule has 0 unspecified atom stereocenters. The summed E-state index contributed by atoms with van der Waals surface area (Å²) in [6, 6.07) is 0. The summed E-state index contributed by atoms with van der Waals surface area (Å²) in [6.45, 7) is 4.35. The quantitative estimate of drug-likeness (QED) is 0.789. The largest absolute Gasteiger partial charge is 0.321 e. The highest BCUT2D eigenvalue weighted by Crippen LogP contribution is 2.41. The third-order valence-corrected chi connectivity index (χ3v) is 4.27. The number of hydrogen-bond donors (Lipinski definition) is 1. The maximum atomic E-state index is 6.21. The Hall–Kier alpha value is -0.410. The van der Waals surface area contributed by atoms with Crippen LogP contribution in [-0.4, -0.2) is 4.98 Å². The second-order valence-electron chi connectivity index (χ2n) is 4.23. The molecule has 1 aromatic rings. The van der Waals surface area contributed by atoms with E-state index in [9.17, 15) is 0 Å². The van der Waals surface area contributed by atoms with Crippen LogP contribution in [-0.2, 0) is 5.54 Å². The van der Waals surface area contributed by atoms with E-state index < -0.39 is 0 Å². The van der Waals surface area contributed by atoms with Crippen molar-refractivity contribution in [3.05, 3.63) is 16.1 Å². The lowest BCUT2D eigenvalue weighted by Gasteiger charge is -2.36. The van der Waals surface area contributed by atoms with E-state index in [0.29, 0.717) is 5.92 Å². The molecule has 0 atom stereocenters. The molecule has 2 N–H and O–H groups in total. The number of thiazole rings is 1. The Morgan fingerprint density at radius 3 is 2.62 bits per heavy atom. The summed E-state index contributed by atoms with van der Waals surface area (Å²) in [7, 11) is 0. The van der Waals surface area contributed by atoms with Gasteiger partial charge in [0.2, 0.25) is 0 Å². The standard InChI is InChI=1S/C10H16N2S/c1-7(2)9-12-6-8(13-9)10(11)4-3-5-10/h6-7H,3-5,11H2,1-2H3. The van der Waals surface area contributed by atoms with Crippen molar-refractivity contribution < 1.29 is 0 Å². The lowest BCUT2D eigenvalue weighted by Crippen LogP contribution is -2.42. The molecule has 1 heterocycles. The average molecular weight is 196 g/mol. The zero-order valence-electron chi connectivity index (χ0n) is 8.21. The molecule has 0 amide bonds. The van der Waals surface area contributed by atoms with Crippen molar-refractivity contribution in [2.45, 2.75) is 44.6 Å². The first-order valence-corrected chi connectivity index (χ1v) is 5.68. The predicted molar refractivity (Wildman–Crippen MR) is 55.9 cm³/mol. The van der Waals surface area contributed by atoms with Gasteiger partial charge in [-0.2, -0.15) is 0 Å². The molecule has 72 valence electrons. The van der Waals surface area contributed by atoms with Crippen LogP contribution in [0.3, 0.4) is 0 Å². The number of nitrogens with zero attached hydrogens (tertiary/aromatic N) is 1. The third kappa shape index (κ3) is 1.51. The highest BCUT2D eigenvalue weighted by atomic mass is 32.1. The van der Waals surface area contributed by atoms with E-state index in [1.54, 1.807) is 11.3 Å². The summed E-state index contributed by atoms with van der Waals surface area (Å²) in [5, 5.41) is 1.21. The summed E-state index contributed by atoms with van der Waals surface area (Å²) in [5.74, 6) is 0.530. The molecule has 0 saturated heterocycles. The van der Waals surface area contributed by atoms with Gasteiger partial charge in [0.1, 0.15) is 0 Å². The predicted octanol–water partition coefficient (Wildman–Crippen LogP) is 2.60. The maximum absolute atomic E-state index is 6.21. The molecule has 3 heteroatoms. The summed E-state index contributed by atoms with van der Waals surface area (Å²) in [6.07, 6.45) is 5.50. The van der Waals surface area contributed by atoms with Gasteiger partial charge in [0.15, 0.2) is 0 Å². The molecule has 13 heavy (non-hydrogen) atoms. The molecule has 2 rings (SSSR count). The fraction of sp³-hybridized carbons (Fsp3) is 0.700. The van der Waals surface area contributed by atoms with Crippen LogP contribution < -0.4 is 5.73 Å². The lowest BCUT2D eigenvalue weighted by molar-refractivity contribution is 0.259. The molecule has 1 aromatic heterocycles. The van der Waals surface area contributed by atoms with Crippen molar-refractivity contribution in [1.82, 2.24) is 4.98 Å². The van der Waals surface area contributed by atoms with Crippen molar-refractivity contribution in [3.8, 4) is 0 Å². The Morgan fingerprint density at radius 1 is 1.54 bits per heavy atom. The SMILES string of the molecule is CC(C)c1ncc(C2(N)CCC2)s1. The van der Waals surface area contributed by atoms with Gasteiger partial charge in [0.05, 0.1) is 10.5 Å². The highest BCUT2D eigenvalue weighted by Gasteiger charge is 2.36. The normalized spacial score (nSPS) is 20.3. The molecule has 2 nitrogen and oxygen atoms in total. The Kier molecular flexibility index (Phi) is 2.16. The first-order valence-electron chi connectivity index (χ1n) is 4.87. The summed E-state index contributed by atoms with van der Waals surface area (Å²) in [5.41, 5.74) is 6.19. The van der Waals surface area contributed by atoms with E-state index in [0.717, 1.165) is 12.8 Å². The van der Waals surface area contributed by atoms with E-state index in [-0.39, 0.29) is 5.54 Å². The van der Waals surface area contributed by atoms with Gasteiger partial charge in [-0.1, -0.05) is 13.8 Å². The monoisotopic (exact) mass is 196 g/mol. The average Bonchev–Trinajstić information content (AvgIpc) is 2.48. The summed E-state index contributed by atoms with van der Waals surface area (Å²) < 4.78 is 0. The molecule has 0 bridgehead atoms. The van der Waals surface area contributed by atoms with Crippen LogP contribution in [0.1, 0.15) is 48.9 Å². The Labute approximate surface area is 83.2 Å². The van der Waals surface area contributed by atoms with Crippen molar-refractivity contribution in [1.29, 1.82) is 0 Å². The van der Waals surface area contributed by atoms with Crippen LogP contribution >= 0.6 is 11.3 Å². The Morgan fingerprint density at radius 2 is 2.23 bits per heavy atom. The van der Waals surface area contributed by atoms with Crippen LogP contribution in [0.2, 0.25) is 0 Å². The van der Waals surface area contributed by atoms with Crippen molar-refractivity contribution in [2.75, 3.05) is 0 Å². The van der Waals surface area contributed by atoms with Gasteiger partial charge in [-0.3, -0.25) is 0 Å². The molecule has 1 fully saturated rings. The number of hydrogen-bond acceptors (Lipinski definition) is 3. The fourth-order valence-corrected chi connectivity index (χ4v) is 2.67. The zero-order chi connectivity index (χ0) is 9.47. The molecule has 0 radical (unpaired) electrons. The molecule has 1 aliphatic rings. The number of rotatable bonds is 2. The second kappa shape index (κ2) is 3.07. The van der Waals surface area contributed by atoms with Crippen molar-refractivity contribution in [3.63, 3.8) is 0 Å². The van der Waals surface area contributed by atoms with Crippen molar-refractivity contribution in [2.24, 2.45) is 5.73 Å². The molecular weight excluding hydrogens is 180 g/mol. The maximum Gasteiger partial charge on any atom is 0.0953 e. The second-order valence-corrected chi connectivity index (χ2v) is 5.29. The van der Waals surface area contributed by atoms with Crippen molar-refractivity contribution >= 4 is 11.3 Å². The molecular formula is C10H16N2S. The van der Waals surface area contributed by atoms with E-state index >= 15 is 0 Å². The lowest BCUT2D eigenvalue weighted by atomic mass is 9.77. The summed E-state index contributed by atoms with van der Waals surface area (Å²) in [4.78, 5) is 5.68. The van der Waals surface area contributed by atoms with Crippen LogP contribution in [0, 0.1) is 0 Å². The van der Waals surface area contributed by atoms with Gasteiger partial charge in [-0.15, -0.1) is 11.3 Å². The highest BCUT2D eigenvalue weighted by molar-refractivity contribution is 7.11. The van der Waals surface area contributed by atoms with Crippen LogP contribution in [0.4, 0.5) is 0 Å². The van der Waals surface area contributed by atoms with Gasteiger partial charge in [-0.05, 0) is 19.3 Å². The molecule has 0 spiro atoms.